The first-order chi connectivity index (χ1) is 8.72. The molecule has 4 heteroatoms. The molecular weight excluding hydrogens is 228 g/mol. The highest BCUT2D eigenvalue weighted by atomic mass is 16.5. The molecule has 2 unspecified atom stereocenters. The van der Waals surface area contributed by atoms with E-state index in [0.29, 0.717) is 6.61 Å². The highest BCUT2D eigenvalue weighted by Crippen LogP contribution is 2.32. The van der Waals surface area contributed by atoms with Gasteiger partial charge < -0.3 is 10.1 Å². The first-order valence-corrected chi connectivity index (χ1v) is 7.40. The maximum absolute atomic E-state index is 11.5. The maximum Gasteiger partial charge on any atom is 0.407 e. The number of hydrogen-bond acceptors (Lipinski definition) is 3. The van der Waals surface area contributed by atoms with Crippen LogP contribution in [0.1, 0.15) is 46.0 Å². The van der Waals surface area contributed by atoms with Crippen LogP contribution in [0.5, 0.6) is 0 Å². The van der Waals surface area contributed by atoms with E-state index < -0.39 is 0 Å². The van der Waals surface area contributed by atoms with Gasteiger partial charge in [-0.15, -0.1) is 0 Å². The van der Waals surface area contributed by atoms with Crippen LogP contribution < -0.4 is 5.32 Å². The molecular formula is C14H26N2O2. The molecule has 1 heterocycles. The number of carbonyl (C=O) groups excluding carboxylic acids is 1. The second-order valence-corrected chi connectivity index (χ2v) is 5.64. The molecule has 4 nitrogen and oxygen atoms in total. The summed E-state index contributed by atoms with van der Waals surface area (Å²) in [5.74, 6) is 0.733. The summed E-state index contributed by atoms with van der Waals surface area (Å²) in [7, 11) is 0. The third kappa shape index (κ3) is 3.87. The molecule has 0 aromatic heterocycles. The molecule has 2 atom stereocenters. The third-order valence-electron chi connectivity index (χ3n) is 3.92. The van der Waals surface area contributed by atoms with E-state index in [1.54, 1.807) is 0 Å². The summed E-state index contributed by atoms with van der Waals surface area (Å²) in [6.07, 6.45) is 6.03. The first-order valence-electron chi connectivity index (χ1n) is 7.40. The second kappa shape index (κ2) is 6.41. The highest BCUT2D eigenvalue weighted by Gasteiger charge is 2.36. The van der Waals surface area contributed by atoms with Crippen LogP contribution in [-0.4, -0.2) is 42.8 Å². The number of nitrogens with zero attached hydrogens (tertiary/aromatic N) is 1. The van der Waals surface area contributed by atoms with Gasteiger partial charge in [-0.2, -0.15) is 0 Å². The van der Waals surface area contributed by atoms with Crippen molar-refractivity contribution < 1.29 is 9.53 Å². The lowest BCUT2D eigenvalue weighted by Crippen LogP contribution is -2.51. The van der Waals surface area contributed by atoms with Crippen molar-refractivity contribution in [2.75, 3.05) is 19.7 Å². The van der Waals surface area contributed by atoms with Crippen molar-refractivity contribution in [3.8, 4) is 0 Å². The minimum Gasteiger partial charge on any atom is -0.450 e. The van der Waals surface area contributed by atoms with E-state index in [0.717, 1.165) is 24.9 Å². The largest absolute Gasteiger partial charge is 0.450 e. The van der Waals surface area contributed by atoms with Gasteiger partial charge in [-0.25, -0.2) is 4.79 Å². The van der Waals surface area contributed by atoms with E-state index in [4.69, 9.17) is 4.74 Å². The Kier molecular flexibility index (Phi) is 4.87. The summed E-state index contributed by atoms with van der Waals surface area (Å²) >= 11 is 0. The Morgan fingerprint density at radius 2 is 2.11 bits per heavy atom. The molecule has 1 N–H and O–H groups in total. The van der Waals surface area contributed by atoms with Crippen molar-refractivity contribution in [2.45, 2.75) is 58.0 Å². The van der Waals surface area contributed by atoms with Crippen LogP contribution in [0.15, 0.2) is 0 Å². The lowest BCUT2D eigenvalue weighted by atomic mass is 9.90. The number of nitrogens with one attached hydrogen (secondary N) is 1. The van der Waals surface area contributed by atoms with Crippen molar-refractivity contribution in [1.82, 2.24) is 10.2 Å². The molecule has 1 saturated heterocycles. The van der Waals surface area contributed by atoms with Gasteiger partial charge in [0, 0.05) is 25.2 Å². The minimum atomic E-state index is -0.254. The molecule has 2 fully saturated rings. The molecule has 0 bridgehead atoms. The van der Waals surface area contributed by atoms with Crippen LogP contribution >= 0.6 is 0 Å². The summed E-state index contributed by atoms with van der Waals surface area (Å²) in [6, 6.07) is 1.06. The lowest BCUT2D eigenvalue weighted by molar-refractivity contribution is 0.110. The van der Waals surface area contributed by atoms with Gasteiger partial charge in [0.05, 0.1) is 6.61 Å². The Hall–Kier alpha value is -0.770. The van der Waals surface area contributed by atoms with E-state index in [2.05, 4.69) is 17.1 Å². The van der Waals surface area contributed by atoms with Gasteiger partial charge in [-0.1, -0.05) is 13.3 Å². The van der Waals surface area contributed by atoms with Gasteiger partial charge in [0.15, 0.2) is 0 Å². The maximum atomic E-state index is 11.5. The second-order valence-electron chi connectivity index (χ2n) is 5.64. The summed E-state index contributed by atoms with van der Waals surface area (Å²) in [5.41, 5.74) is 0. The Morgan fingerprint density at radius 1 is 1.33 bits per heavy atom. The normalized spacial score (nSPS) is 29.0. The van der Waals surface area contributed by atoms with Crippen LogP contribution in [0, 0.1) is 5.92 Å². The van der Waals surface area contributed by atoms with Crippen LogP contribution in [-0.2, 0) is 4.74 Å². The van der Waals surface area contributed by atoms with Crippen LogP contribution in [0.25, 0.3) is 0 Å². The molecule has 2 rings (SSSR count). The number of likely N-dealkylation sites (tertiary alicyclic amines) is 1. The van der Waals surface area contributed by atoms with Crippen molar-refractivity contribution in [1.29, 1.82) is 0 Å². The third-order valence-corrected chi connectivity index (χ3v) is 3.92. The fraction of sp³-hybridized carbons (Fsp3) is 0.929. The van der Waals surface area contributed by atoms with Gasteiger partial charge in [0.25, 0.3) is 0 Å². The summed E-state index contributed by atoms with van der Waals surface area (Å²) in [5, 5.41) is 3.02. The molecule has 2 aliphatic rings. The van der Waals surface area contributed by atoms with Gasteiger partial charge in [0.2, 0.25) is 0 Å². The fourth-order valence-electron chi connectivity index (χ4n) is 3.04. The zero-order valence-electron chi connectivity index (χ0n) is 11.7. The lowest BCUT2D eigenvalue weighted by Gasteiger charge is -2.38. The highest BCUT2D eigenvalue weighted by molar-refractivity contribution is 5.67. The van der Waals surface area contributed by atoms with Crippen molar-refractivity contribution in [3.63, 3.8) is 0 Å². The first kappa shape index (κ1) is 13.7. The molecule has 104 valence electrons. The Bertz CT molecular complexity index is 279. The molecule has 0 aromatic carbocycles. The van der Waals surface area contributed by atoms with E-state index in [9.17, 15) is 4.79 Å². The van der Waals surface area contributed by atoms with Gasteiger partial charge >= 0.3 is 6.09 Å². The zero-order chi connectivity index (χ0) is 13.0. The SMILES string of the molecule is CCCC1CC(NC(=O)OCC)CN(C2CC2)C1. The quantitative estimate of drug-likeness (QED) is 0.819. The molecule has 18 heavy (non-hydrogen) atoms. The summed E-state index contributed by atoms with van der Waals surface area (Å²) < 4.78 is 4.98. The van der Waals surface area contributed by atoms with Gasteiger partial charge in [0.1, 0.15) is 0 Å². The Balaban J connectivity index is 1.85. The Morgan fingerprint density at radius 3 is 2.72 bits per heavy atom. The van der Waals surface area contributed by atoms with E-state index in [1.165, 1.54) is 32.2 Å². The molecule has 1 aliphatic carbocycles. The van der Waals surface area contributed by atoms with E-state index in [1.807, 2.05) is 6.92 Å². The number of rotatable bonds is 5. The van der Waals surface area contributed by atoms with Crippen molar-refractivity contribution >= 4 is 6.09 Å². The molecule has 0 radical (unpaired) electrons. The minimum absolute atomic E-state index is 0.254. The van der Waals surface area contributed by atoms with Gasteiger partial charge in [-0.3, -0.25) is 4.90 Å². The predicted molar refractivity (Wildman–Crippen MR) is 71.6 cm³/mol. The summed E-state index contributed by atoms with van der Waals surface area (Å²) in [4.78, 5) is 14.1. The number of ether oxygens (including phenoxy) is 1. The smallest absolute Gasteiger partial charge is 0.407 e. The molecule has 0 spiro atoms. The van der Waals surface area contributed by atoms with Crippen LogP contribution in [0.2, 0.25) is 0 Å². The van der Waals surface area contributed by atoms with Crippen LogP contribution in [0.3, 0.4) is 0 Å². The number of hydrogen-bond donors (Lipinski definition) is 1. The fourth-order valence-corrected chi connectivity index (χ4v) is 3.04. The molecule has 0 aromatic rings. The molecule has 1 aliphatic heterocycles. The number of amides is 1. The number of alkyl carbamates (subject to hydrolysis) is 1. The topological polar surface area (TPSA) is 41.6 Å². The molecule has 1 amide bonds. The van der Waals surface area contributed by atoms with Crippen LogP contribution in [0.4, 0.5) is 4.79 Å². The predicted octanol–water partition coefficient (Wildman–Crippen LogP) is 2.39. The standard InChI is InChI=1S/C14H26N2O2/c1-3-5-11-8-12(15-14(17)18-4-2)10-16(9-11)13-6-7-13/h11-13H,3-10H2,1-2H3,(H,15,17). The zero-order valence-corrected chi connectivity index (χ0v) is 11.7. The summed E-state index contributed by atoms with van der Waals surface area (Å²) in [6.45, 7) is 6.76. The van der Waals surface area contributed by atoms with E-state index in [-0.39, 0.29) is 12.1 Å². The van der Waals surface area contributed by atoms with E-state index >= 15 is 0 Å². The average Bonchev–Trinajstić information content (AvgIpc) is 3.13. The number of piperidine rings is 1. The van der Waals surface area contributed by atoms with Crippen molar-refractivity contribution in [3.05, 3.63) is 0 Å². The molecule has 1 saturated carbocycles. The Labute approximate surface area is 110 Å². The number of carbonyl (C=O) groups is 1. The average molecular weight is 254 g/mol. The monoisotopic (exact) mass is 254 g/mol. The van der Waals surface area contributed by atoms with Crippen molar-refractivity contribution in [2.24, 2.45) is 5.92 Å². The van der Waals surface area contributed by atoms with Gasteiger partial charge in [-0.05, 0) is 38.5 Å².